The fourth-order valence-electron chi connectivity index (χ4n) is 1.75. The van der Waals surface area contributed by atoms with Gasteiger partial charge in [-0.1, -0.05) is 6.07 Å². The van der Waals surface area contributed by atoms with Gasteiger partial charge in [-0.3, -0.25) is 25.0 Å². The average molecular weight is 350 g/mol. The number of hydrogen-bond donors (Lipinski definition) is 2. The Hall–Kier alpha value is -3.34. The van der Waals surface area contributed by atoms with Crippen LogP contribution in [0.15, 0.2) is 34.7 Å². The van der Waals surface area contributed by atoms with Crippen molar-refractivity contribution < 1.29 is 19.7 Å². The normalized spacial score (nSPS) is 10.7. The number of phenolic OH excluding ortho intramolecular Hbond substituents is 1. The molecule has 1 aromatic carbocycles. The van der Waals surface area contributed by atoms with E-state index in [2.05, 4.69) is 10.5 Å². The second-order valence-electron chi connectivity index (χ2n) is 4.47. The Kier molecular flexibility index (Phi) is 5.16. The molecule has 0 atom stereocenters. The summed E-state index contributed by atoms with van der Waals surface area (Å²) >= 11 is 1.39. The Morgan fingerprint density at radius 1 is 1.33 bits per heavy atom. The summed E-state index contributed by atoms with van der Waals surface area (Å²) in [4.78, 5) is 32.3. The minimum absolute atomic E-state index is 0.0933. The molecule has 124 valence electrons. The SMILES string of the molecule is O=C(Cc1cccs1)N/N=C\c1cc([N+](=O)[O-])cc([N+](=O)[O-])c1O. The van der Waals surface area contributed by atoms with Crippen LogP contribution in [0.1, 0.15) is 10.4 Å². The molecule has 0 aliphatic heterocycles. The van der Waals surface area contributed by atoms with Gasteiger partial charge in [0, 0.05) is 10.9 Å². The highest BCUT2D eigenvalue weighted by molar-refractivity contribution is 7.10. The number of aromatic hydroxyl groups is 1. The zero-order chi connectivity index (χ0) is 17.7. The Bertz CT molecular complexity index is 818. The number of amides is 1. The van der Waals surface area contributed by atoms with Crippen LogP contribution in [-0.4, -0.2) is 27.1 Å². The minimum Gasteiger partial charge on any atom is -0.502 e. The predicted octanol–water partition coefficient (Wildman–Crippen LogP) is 1.96. The third kappa shape index (κ3) is 4.10. The molecule has 1 aromatic heterocycles. The second kappa shape index (κ2) is 7.28. The monoisotopic (exact) mass is 350 g/mol. The molecule has 0 aliphatic carbocycles. The van der Waals surface area contributed by atoms with Crippen molar-refractivity contribution in [2.75, 3.05) is 0 Å². The lowest BCUT2D eigenvalue weighted by Gasteiger charge is -2.01. The first-order chi connectivity index (χ1) is 11.4. The summed E-state index contributed by atoms with van der Waals surface area (Å²) in [6.07, 6.45) is 0.998. The molecule has 0 fully saturated rings. The summed E-state index contributed by atoms with van der Waals surface area (Å²) in [5.74, 6) is -1.21. The quantitative estimate of drug-likeness (QED) is 0.462. The molecule has 0 unspecified atom stereocenters. The summed E-state index contributed by atoms with van der Waals surface area (Å²) in [7, 11) is 0. The molecule has 11 heteroatoms. The van der Waals surface area contributed by atoms with Gasteiger partial charge in [0.25, 0.3) is 5.69 Å². The number of hydrogen-bond acceptors (Lipinski definition) is 8. The molecular formula is C13H10N4O6S. The van der Waals surface area contributed by atoms with Gasteiger partial charge in [-0.15, -0.1) is 11.3 Å². The summed E-state index contributed by atoms with van der Waals surface area (Å²) < 4.78 is 0. The standard InChI is InChI=1S/C13H10N4O6S/c18-12(6-10-2-1-3-24-10)15-14-7-8-4-9(16(20)21)5-11(13(8)19)17(22)23/h1-5,7,19H,6H2,(H,15,18)/b14-7-. The molecule has 0 bridgehead atoms. The van der Waals surface area contributed by atoms with Gasteiger partial charge >= 0.3 is 5.69 Å². The van der Waals surface area contributed by atoms with Crippen LogP contribution in [0.25, 0.3) is 0 Å². The van der Waals surface area contributed by atoms with Gasteiger partial charge in [0.2, 0.25) is 11.7 Å². The van der Waals surface area contributed by atoms with E-state index in [0.29, 0.717) is 6.07 Å². The molecule has 2 rings (SSSR count). The van der Waals surface area contributed by atoms with Crippen molar-refractivity contribution in [3.05, 3.63) is 60.3 Å². The lowest BCUT2D eigenvalue weighted by Crippen LogP contribution is -2.19. The van der Waals surface area contributed by atoms with E-state index in [1.54, 1.807) is 12.1 Å². The summed E-state index contributed by atoms with van der Waals surface area (Å²) in [6, 6.07) is 5.11. The Morgan fingerprint density at radius 3 is 2.67 bits per heavy atom. The summed E-state index contributed by atoms with van der Waals surface area (Å²) in [6.45, 7) is 0. The van der Waals surface area contributed by atoms with Crippen molar-refractivity contribution in [3.63, 3.8) is 0 Å². The van der Waals surface area contributed by atoms with Crippen LogP contribution in [0, 0.1) is 20.2 Å². The first-order valence-corrected chi connectivity index (χ1v) is 7.26. The van der Waals surface area contributed by atoms with Gasteiger partial charge in [0.1, 0.15) is 0 Å². The van der Waals surface area contributed by atoms with E-state index >= 15 is 0 Å². The van der Waals surface area contributed by atoms with Crippen LogP contribution in [0.5, 0.6) is 5.75 Å². The number of hydrazone groups is 1. The van der Waals surface area contributed by atoms with E-state index in [1.807, 2.05) is 5.38 Å². The number of nitro groups is 2. The van der Waals surface area contributed by atoms with Crippen molar-refractivity contribution in [1.29, 1.82) is 0 Å². The molecule has 0 saturated carbocycles. The van der Waals surface area contributed by atoms with Crippen LogP contribution in [0.2, 0.25) is 0 Å². The van der Waals surface area contributed by atoms with Crippen molar-refractivity contribution in [2.45, 2.75) is 6.42 Å². The second-order valence-corrected chi connectivity index (χ2v) is 5.50. The van der Waals surface area contributed by atoms with Gasteiger partial charge in [-0.2, -0.15) is 5.10 Å². The number of carbonyl (C=O) groups is 1. The molecule has 10 nitrogen and oxygen atoms in total. The maximum Gasteiger partial charge on any atom is 0.318 e. The smallest absolute Gasteiger partial charge is 0.318 e. The zero-order valence-corrected chi connectivity index (χ0v) is 12.7. The highest BCUT2D eigenvalue weighted by atomic mass is 32.1. The molecule has 1 heterocycles. The largest absolute Gasteiger partial charge is 0.502 e. The van der Waals surface area contributed by atoms with Gasteiger partial charge in [0.05, 0.1) is 34.1 Å². The Morgan fingerprint density at radius 2 is 2.08 bits per heavy atom. The molecule has 0 saturated heterocycles. The highest BCUT2D eigenvalue weighted by Crippen LogP contribution is 2.33. The Balaban J connectivity index is 2.17. The van der Waals surface area contributed by atoms with Gasteiger partial charge < -0.3 is 5.11 Å². The number of thiophene rings is 1. The van der Waals surface area contributed by atoms with Crippen LogP contribution in [0.3, 0.4) is 0 Å². The molecule has 24 heavy (non-hydrogen) atoms. The number of nitro benzene ring substituents is 2. The first kappa shape index (κ1) is 17.0. The minimum atomic E-state index is -0.949. The van der Waals surface area contributed by atoms with Crippen LogP contribution in [0.4, 0.5) is 11.4 Å². The Labute approximate surface area is 138 Å². The van der Waals surface area contributed by atoms with E-state index in [4.69, 9.17) is 0 Å². The fourth-order valence-corrected chi connectivity index (χ4v) is 2.46. The van der Waals surface area contributed by atoms with Crippen molar-refractivity contribution in [3.8, 4) is 5.75 Å². The van der Waals surface area contributed by atoms with E-state index < -0.39 is 32.9 Å². The first-order valence-electron chi connectivity index (χ1n) is 6.38. The molecule has 2 N–H and O–H groups in total. The molecule has 0 radical (unpaired) electrons. The number of nitrogens with one attached hydrogen (secondary N) is 1. The van der Waals surface area contributed by atoms with Gasteiger partial charge in [-0.25, -0.2) is 5.43 Å². The maximum atomic E-state index is 11.6. The van der Waals surface area contributed by atoms with Crippen LogP contribution >= 0.6 is 11.3 Å². The fraction of sp³-hybridized carbons (Fsp3) is 0.0769. The van der Waals surface area contributed by atoms with E-state index in [0.717, 1.165) is 17.2 Å². The van der Waals surface area contributed by atoms with Gasteiger partial charge in [-0.05, 0) is 11.4 Å². The van der Waals surface area contributed by atoms with Gasteiger partial charge in [0.15, 0.2) is 0 Å². The molecule has 0 spiro atoms. The molecule has 0 aliphatic rings. The zero-order valence-electron chi connectivity index (χ0n) is 11.9. The van der Waals surface area contributed by atoms with Crippen LogP contribution < -0.4 is 5.43 Å². The van der Waals surface area contributed by atoms with Crippen LogP contribution in [-0.2, 0) is 11.2 Å². The lowest BCUT2D eigenvalue weighted by atomic mass is 10.1. The molecular weight excluding hydrogens is 340 g/mol. The topological polar surface area (TPSA) is 148 Å². The highest BCUT2D eigenvalue weighted by Gasteiger charge is 2.23. The van der Waals surface area contributed by atoms with E-state index in [-0.39, 0.29) is 12.0 Å². The molecule has 1 amide bonds. The third-order valence-corrected chi connectivity index (χ3v) is 3.70. The average Bonchev–Trinajstić information content (AvgIpc) is 3.01. The summed E-state index contributed by atoms with van der Waals surface area (Å²) in [5.41, 5.74) is 0.522. The number of phenols is 1. The lowest BCUT2D eigenvalue weighted by molar-refractivity contribution is -0.394. The number of carbonyl (C=O) groups excluding carboxylic acids is 1. The van der Waals surface area contributed by atoms with Crippen molar-refractivity contribution >= 4 is 34.8 Å². The van der Waals surface area contributed by atoms with Crippen molar-refractivity contribution in [2.24, 2.45) is 5.10 Å². The third-order valence-electron chi connectivity index (χ3n) is 2.82. The number of non-ortho nitro benzene ring substituents is 1. The van der Waals surface area contributed by atoms with E-state index in [9.17, 15) is 30.1 Å². The van der Waals surface area contributed by atoms with Crippen molar-refractivity contribution in [1.82, 2.24) is 5.43 Å². The maximum absolute atomic E-state index is 11.6. The number of benzene rings is 1. The number of rotatable bonds is 6. The molecule has 2 aromatic rings. The summed E-state index contributed by atoms with van der Waals surface area (Å²) in [5, 5.41) is 36.7. The predicted molar refractivity (Wildman–Crippen MR) is 85.2 cm³/mol. The van der Waals surface area contributed by atoms with E-state index in [1.165, 1.54) is 11.3 Å². The number of nitrogens with zero attached hydrogens (tertiary/aromatic N) is 3.